The smallest absolute Gasteiger partial charge is 0.274 e. The van der Waals surface area contributed by atoms with Crippen molar-refractivity contribution in [3.05, 3.63) is 94.0 Å². The molecule has 0 aliphatic carbocycles. The highest BCUT2D eigenvalue weighted by Crippen LogP contribution is 2.34. The average Bonchev–Trinajstić information content (AvgIpc) is 3.45. The van der Waals surface area contributed by atoms with Gasteiger partial charge in [0.25, 0.3) is 11.8 Å². The van der Waals surface area contributed by atoms with Gasteiger partial charge < -0.3 is 15.5 Å². The van der Waals surface area contributed by atoms with E-state index in [1.807, 2.05) is 30.3 Å². The summed E-state index contributed by atoms with van der Waals surface area (Å²) >= 11 is 12.7. The second-order valence-electron chi connectivity index (χ2n) is 9.25. The van der Waals surface area contributed by atoms with Crippen LogP contribution in [0, 0.1) is 11.7 Å². The van der Waals surface area contributed by atoms with E-state index < -0.39 is 11.7 Å². The Morgan fingerprint density at radius 3 is 2.53 bits per heavy atom. The minimum atomic E-state index is -0.584. The van der Waals surface area contributed by atoms with E-state index in [1.165, 1.54) is 35.1 Å². The van der Waals surface area contributed by atoms with Gasteiger partial charge in [-0.1, -0.05) is 41.4 Å². The van der Waals surface area contributed by atoms with Gasteiger partial charge in [-0.3, -0.25) is 14.6 Å². The van der Waals surface area contributed by atoms with Crippen LogP contribution >= 0.6 is 23.2 Å². The first kappa shape index (κ1) is 24.5. The number of fused-ring (bicyclic) bond motifs is 1. The van der Waals surface area contributed by atoms with Crippen LogP contribution in [0.15, 0.2) is 66.9 Å². The lowest BCUT2D eigenvalue weighted by molar-refractivity contribution is 0.0782. The zero-order chi connectivity index (χ0) is 26.4. The van der Waals surface area contributed by atoms with E-state index in [4.69, 9.17) is 23.2 Å². The summed E-state index contributed by atoms with van der Waals surface area (Å²) in [5, 5.41) is 10.9. The number of carbonyl (C=O) groups excluding carboxylic acids is 2. The number of hydrogen-bond acceptors (Lipinski definition) is 5. The maximum atomic E-state index is 14.4. The number of nitrogens with one attached hydrogen (secondary N) is 2. The zero-order valence-corrected chi connectivity index (χ0v) is 21.4. The Hall–Kier alpha value is -3.79. The molecule has 2 aliphatic heterocycles. The van der Waals surface area contributed by atoms with Crippen molar-refractivity contribution >= 4 is 40.8 Å². The number of aromatic nitrogens is 3. The Labute approximate surface area is 227 Å². The van der Waals surface area contributed by atoms with E-state index in [1.54, 1.807) is 11.0 Å². The molecular formula is C27H21Cl2FN6O2. The average molecular weight is 551 g/mol. The van der Waals surface area contributed by atoms with E-state index in [9.17, 15) is 14.0 Å². The van der Waals surface area contributed by atoms with Crippen LogP contribution in [0.4, 0.5) is 10.2 Å². The minimum Gasteiger partial charge on any atom is -0.335 e. The Balaban J connectivity index is 1.34. The Bertz CT molecular complexity index is 1550. The molecule has 2 atom stereocenters. The molecule has 38 heavy (non-hydrogen) atoms. The summed E-state index contributed by atoms with van der Waals surface area (Å²) in [5.41, 5.74) is 1.16. The molecule has 2 aromatic carbocycles. The van der Waals surface area contributed by atoms with Crippen LogP contribution in [0.3, 0.4) is 0 Å². The number of hydrogen-bond donors (Lipinski definition) is 2. The van der Waals surface area contributed by atoms with Crippen LogP contribution in [0.2, 0.25) is 10.0 Å². The van der Waals surface area contributed by atoms with Gasteiger partial charge in [-0.05, 0) is 36.4 Å². The molecule has 2 saturated heterocycles. The third kappa shape index (κ3) is 4.42. The molecule has 192 valence electrons. The van der Waals surface area contributed by atoms with E-state index in [0.717, 1.165) is 6.54 Å². The molecule has 2 N–H and O–H groups in total. The van der Waals surface area contributed by atoms with Gasteiger partial charge >= 0.3 is 0 Å². The first-order chi connectivity index (χ1) is 18.4. The lowest BCUT2D eigenvalue weighted by Gasteiger charge is -2.29. The van der Waals surface area contributed by atoms with Crippen LogP contribution in [0.25, 0.3) is 16.9 Å². The predicted molar refractivity (Wildman–Crippen MR) is 142 cm³/mol. The molecule has 4 aromatic rings. The number of pyridine rings is 1. The number of likely N-dealkylation sites (tertiary alicyclic amines) is 1. The fourth-order valence-corrected chi connectivity index (χ4v) is 5.35. The fourth-order valence-electron chi connectivity index (χ4n) is 4.79. The molecule has 2 unspecified atom stereocenters. The van der Waals surface area contributed by atoms with Crippen molar-refractivity contribution in [2.75, 3.05) is 25.0 Å². The van der Waals surface area contributed by atoms with Gasteiger partial charge in [0.2, 0.25) is 0 Å². The van der Waals surface area contributed by atoms with Crippen molar-refractivity contribution in [2.24, 2.45) is 5.92 Å². The molecule has 0 spiro atoms. The lowest BCUT2D eigenvalue weighted by Crippen LogP contribution is -2.51. The summed E-state index contributed by atoms with van der Waals surface area (Å²) < 4.78 is 15.9. The maximum Gasteiger partial charge on any atom is 0.274 e. The summed E-state index contributed by atoms with van der Waals surface area (Å²) in [6.45, 7) is 2.20. The highest BCUT2D eigenvalue weighted by molar-refractivity contribution is 6.38. The molecule has 2 amide bonds. The summed E-state index contributed by atoms with van der Waals surface area (Å²) in [5.74, 6) is -0.632. The standard InChI is InChI=1S/C27H21Cl2FN6O2/c28-19-10-20(29)18(9-17(19)25-21(30)7-4-8-31-25)26(37)33-24-11-22(34-36(24)16-5-2-1-3-6-16)27(38)35-13-15-12-32-23(15)14-35/h1-11,15,23,32H,12-14H2,(H,33,37). The normalized spacial score (nSPS) is 18.1. The Morgan fingerprint density at radius 2 is 1.84 bits per heavy atom. The summed E-state index contributed by atoms with van der Waals surface area (Å²) in [6.07, 6.45) is 1.43. The number of rotatable bonds is 5. The molecule has 6 rings (SSSR count). The largest absolute Gasteiger partial charge is 0.335 e. The van der Waals surface area contributed by atoms with Crippen LogP contribution < -0.4 is 10.6 Å². The monoisotopic (exact) mass is 550 g/mol. The van der Waals surface area contributed by atoms with Gasteiger partial charge in [0.15, 0.2) is 5.69 Å². The number of amides is 2. The molecule has 2 fully saturated rings. The van der Waals surface area contributed by atoms with Crippen LogP contribution in [-0.4, -0.2) is 57.2 Å². The van der Waals surface area contributed by atoms with Gasteiger partial charge in [-0.2, -0.15) is 5.10 Å². The number of carbonyl (C=O) groups is 2. The third-order valence-electron chi connectivity index (χ3n) is 6.86. The van der Waals surface area contributed by atoms with E-state index in [0.29, 0.717) is 30.7 Å². The second kappa shape index (κ2) is 9.83. The van der Waals surface area contributed by atoms with Crippen LogP contribution in [-0.2, 0) is 0 Å². The number of halogens is 3. The predicted octanol–water partition coefficient (Wildman–Crippen LogP) is 4.68. The van der Waals surface area contributed by atoms with Crippen molar-refractivity contribution in [1.82, 2.24) is 25.0 Å². The molecular weight excluding hydrogens is 530 g/mol. The molecule has 4 heterocycles. The molecule has 8 nitrogen and oxygen atoms in total. The first-order valence-corrected chi connectivity index (χ1v) is 12.7. The SMILES string of the molecule is O=C(Nc1cc(C(=O)N2CC3CNC3C2)nn1-c1ccccc1)c1cc(-c2ncccc2F)c(Cl)cc1Cl. The Morgan fingerprint density at radius 1 is 1.03 bits per heavy atom. The number of para-hydroxylation sites is 1. The van der Waals surface area contributed by atoms with Crippen LogP contribution in [0.5, 0.6) is 0 Å². The van der Waals surface area contributed by atoms with Gasteiger partial charge in [0, 0.05) is 49.4 Å². The minimum absolute atomic E-state index is 0.000466. The third-order valence-corrected chi connectivity index (χ3v) is 7.48. The Kier molecular flexibility index (Phi) is 6.35. The molecule has 2 aromatic heterocycles. The second-order valence-corrected chi connectivity index (χ2v) is 10.1. The fraction of sp³-hybridized carbons (Fsp3) is 0.185. The lowest BCUT2D eigenvalue weighted by atomic mass is 9.96. The molecule has 11 heteroatoms. The summed E-state index contributed by atoms with van der Waals surface area (Å²) in [4.78, 5) is 32.5. The molecule has 0 saturated carbocycles. The van der Waals surface area contributed by atoms with Gasteiger partial charge in [-0.25, -0.2) is 9.07 Å². The number of anilines is 1. The highest BCUT2D eigenvalue weighted by atomic mass is 35.5. The molecule has 0 radical (unpaired) electrons. The quantitative estimate of drug-likeness (QED) is 0.376. The van der Waals surface area contributed by atoms with Crippen molar-refractivity contribution in [1.29, 1.82) is 0 Å². The van der Waals surface area contributed by atoms with Crippen molar-refractivity contribution in [3.8, 4) is 16.9 Å². The highest BCUT2D eigenvalue weighted by Gasteiger charge is 2.41. The number of benzene rings is 2. The first-order valence-electron chi connectivity index (χ1n) is 12.0. The van der Waals surface area contributed by atoms with Crippen molar-refractivity contribution < 1.29 is 14.0 Å². The van der Waals surface area contributed by atoms with Gasteiger partial charge in [0.05, 0.1) is 21.3 Å². The van der Waals surface area contributed by atoms with Gasteiger partial charge in [0.1, 0.15) is 17.3 Å². The molecule has 2 aliphatic rings. The van der Waals surface area contributed by atoms with E-state index in [-0.39, 0.29) is 44.3 Å². The number of nitrogens with zero attached hydrogens (tertiary/aromatic N) is 4. The van der Waals surface area contributed by atoms with E-state index in [2.05, 4.69) is 20.7 Å². The maximum absolute atomic E-state index is 14.4. The topological polar surface area (TPSA) is 92.2 Å². The zero-order valence-electron chi connectivity index (χ0n) is 19.9. The van der Waals surface area contributed by atoms with Gasteiger partial charge in [-0.15, -0.1) is 0 Å². The van der Waals surface area contributed by atoms with Crippen molar-refractivity contribution in [2.45, 2.75) is 6.04 Å². The van der Waals surface area contributed by atoms with E-state index >= 15 is 0 Å². The summed E-state index contributed by atoms with van der Waals surface area (Å²) in [6, 6.07) is 16.5. The molecule has 0 bridgehead atoms. The van der Waals surface area contributed by atoms with Crippen LogP contribution in [0.1, 0.15) is 20.8 Å². The summed E-state index contributed by atoms with van der Waals surface area (Å²) in [7, 11) is 0. The van der Waals surface area contributed by atoms with Crippen molar-refractivity contribution in [3.63, 3.8) is 0 Å².